The monoisotopic (exact) mass is 346 g/mol. The zero-order valence-electron chi connectivity index (χ0n) is 14.3. The Hall–Kier alpha value is -3.47. The van der Waals surface area contributed by atoms with Crippen LogP contribution in [0.25, 0.3) is 0 Å². The van der Waals surface area contributed by atoms with Gasteiger partial charge in [-0.2, -0.15) is 0 Å². The highest BCUT2D eigenvalue weighted by Crippen LogP contribution is 2.22. The summed E-state index contributed by atoms with van der Waals surface area (Å²) >= 11 is 0. The van der Waals surface area contributed by atoms with Crippen molar-refractivity contribution in [2.75, 3.05) is 5.32 Å². The summed E-state index contributed by atoms with van der Waals surface area (Å²) < 4.78 is 5.50. The van der Waals surface area contributed by atoms with Crippen molar-refractivity contribution in [3.8, 4) is 0 Å². The molecule has 1 amide bonds. The van der Waals surface area contributed by atoms with Crippen molar-refractivity contribution < 1.29 is 14.3 Å². The number of pyridine rings is 1. The van der Waals surface area contributed by atoms with E-state index in [9.17, 15) is 9.59 Å². The van der Waals surface area contributed by atoms with Crippen LogP contribution in [0.3, 0.4) is 0 Å². The van der Waals surface area contributed by atoms with Crippen molar-refractivity contribution in [1.29, 1.82) is 0 Å². The molecule has 0 saturated carbocycles. The number of amides is 1. The summed E-state index contributed by atoms with van der Waals surface area (Å²) in [5.74, 6) is -0.997. The topological polar surface area (TPSA) is 68.3 Å². The smallest absolute Gasteiger partial charge is 0.339 e. The molecule has 0 aliphatic rings. The van der Waals surface area contributed by atoms with E-state index < -0.39 is 18.0 Å². The molecular weight excluding hydrogens is 328 g/mol. The zero-order chi connectivity index (χ0) is 18.4. The predicted molar refractivity (Wildman–Crippen MR) is 98.6 cm³/mol. The molecule has 3 aromatic rings. The second-order valence-corrected chi connectivity index (χ2v) is 5.79. The van der Waals surface area contributed by atoms with Gasteiger partial charge in [0.15, 0.2) is 0 Å². The number of nitrogens with zero attached hydrogens (tertiary/aromatic N) is 1. The maximum atomic E-state index is 12.8. The van der Waals surface area contributed by atoms with Crippen LogP contribution in [0.4, 0.5) is 5.69 Å². The van der Waals surface area contributed by atoms with Crippen LogP contribution in [0.15, 0.2) is 79.1 Å². The van der Waals surface area contributed by atoms with Crippen molar-refractivity contribution in [2.24, 2.45) is 0 Å². The fourth-order valence-electron chi connectivity index (χ4n) is 2.41. The van der Waals surface area contributed by atoms with Gasteiger partial charge in [-0.1, -0.05) is 48.0 Å². The molecule has 0 bridgehead atoms. The van der Waals surface area contributed by atoms with Crippen molar-refractivity contribution in [1.82, 2.24) is 4.98 Å². The normalized spacial score (nSPS) is 11.4. The lowest BCUT2D eigenvalue weighted by Gasteiger charge is -2.18. The van der Waals surface area contributed by atoms with Gasteiger partial charge in [-0.25, -0.2) is 4.79 Å². The molecule has 1 N–H and O–H groups in total. The van der Waals surface area contributed by atoms with E-state index in [1.807, 2.05) is 25.1 Å². The third-order valence-electron chi connectivity index (χ3n) is 3.80. The molecule has 0 fully saturated rings. The molecule has 0 aliphatic carbocycles. The van der Waals surface area contributed by atoms with Crippen LogP contribution in [0.1, 0.15) is 27.6 Å². The van der Waals surface area contributed by atoms with E-state index in [2.05, 4.69) is 10.3 Å². The van der Waals surface area contributed by atoms with Crippen LogP contribution >= 0.6 is 0 Å². The molecule has 1 atom stereocenters. The summed E-state index contributed by atoms with van der Waals surface area (Å²) in [7, 11) is 0. The van der Waals surface area contributed by atoms with Gasteiger partial charge in [0.1, 0.15) is 0 Å². The van der Waals surface area contributed by atoms with E-state index in [1.54, 1.807) is 48.5 Å². The van der Waals surface area contributed by atoms with Crippen molar-refractivity contribution in [3.63, 3.8) is 0 Å². The van der Waals surface area contributed by atoms with Gasteiger partial charge in [0.2, 0.25) is 6.10 Å². The Morgan fingerprint density at radius 1 is 0.923 bits per heavy atom. The van der Waals surface area contributed by atoms with Gasteiger partial charge in [0.25, 0.3) is 5.91 Å². The highest BCUT2D eigenvalue weighted by atomic mass is 16.5. The zero-order valence-corrected chi connectivity index (χ0v) is 14.3. The standard InChI is InChI=1S/C21H18N2O3/c1-15-7-9-18(10-8-15)23-20(24)19(16-5-3-2-4-6-16)26-21(25)17-11-13-22-14-12-17/h2-14,19H,1H3,(H,23,24)/t19-/m1/s1. The Kier molecular flexibility index (Phi) is 5.39. The fourth-order valence-corrected chi connectivity index (χ4v) is 2.41. The van der Waals surface area contributed by atoms with Gasteiger partial charge in [0, 0.05) is 23.6 Å². The summed E-state index contributed by atoms with van der Waals surface area (Å²) in [6.45, 7) is 1.97. The number of anilines is 1. The first-order valence-electron chi connectivity index (χ1n) is 8.17. The predicted octanol–water partition coefficient (Wildman–Crippen LogP) is 3.93. The van der Waals surface area contributed by atoms with Crippen LogP contribution in [0.2, 0.25) is 0 Å². The summed E-state index contributed by atoms with van der Waals surface area (Å²) in [4.78, 5) is 29.0. The first-order chi connectivity index (χ1) is 12.6. The number of benzene rings is 2. The van der Waals surface area contributed by atoms with Gasteiger partial charge in [-0.15, -0.1) is 0 Å². The molecule has 5 heteroatoms. The minimum absolute atomic E-state index is 0.337. The first-order valence-corrected chi connectivity index (χ1v) is 8.17. The maximum absolute atomic E-state index is 12.8. The van der Waals surface area contributed by atoms with Gasteiger partial charge < -0.3 is 10.1 Å². The number of hydrogen-bond acceptors (Lipinski definition) is 4. The molecule has 5 nitrogen and oxygen atoms in total. The van der Waals surface area contributed by atoms with Crippen LogP contribution in [0, 0.1) is 6.92 Å². The molecule has 0 unspecified atom stereocenters. The molecule has 3 rings (SSSR count). The van der Waals surface area contributed by atoms with Crippen molar-refractivity contribution in [3.05, 3.63) is 95.8 Å². The Bertz CT molecular complexity index is 878. The third-order valence-corrected chi connectivity index (χ3v) is 3.80. The molecule has 0 radical (unpaired) electrons. The minimum Gasteiger partial charge on any atom is -0.444 e. The Morgan fingerprint density at radius 3 is 2.23 bits per heavy atom. The highest BCUT2D eigenvalue weighted by molar-refractivity contribution is 5.98. The van der Waals surface area contributed by atoms with Crippen LogP contribution in [-0.4, -0.2) is 16.9 Å². The average molecular weight is 346 g/mol. The van der Waals surface area contributed by atoms with E-state index in [0.717, 1.165) is 5.56 Å². The van der Waals surface area contributed by atoms with Crippen LogP contribution in [-0.2, 0) is 9.53 Å². The van der Waals surface area contributed by atoms with E-state index in [-0.39, 0.29) is 0 Å². The molecule has 0 saturated heterocycles. The van der Waals surface area contributed by atoms with Gasteiger partial charge >= 0.3 is 5.97 Å². The van der Waals surface area contributed by atoms with Crippen molar-refractivity contribution in [2.45, 2.75) is 13.0 Å². The molecule has 130 valence electrons. The number of carbonyl (C=O) groups is 2. The second kappa shape index (κ2) is 8.07. The molecule has 2 aromatic carbocycles. The Morgan fingerprint density at radius 2 is 1.58 bits per heavy atom. The minimum atomic E-state index is -1.06. The number of aryl methyl sites for hydroxylation is 1. The summed E-state index contributed by atoms with van der Waals surface area (Å²) in [5.41, 5.74) is 2.66. The number of esters is 1. The summed E-state index contributed by atoms with van der Waals surface area (Å²) in [6, 6.07) is 19.4. The van der Waals surface area contributed by atoms with E-state index >= 15 is 0 Å². The maximum Gasteiger partial charge on any atom is 0.339 e. The lowest BCUT2D eigenvalue weighted by Crippen LogP contribution is -2.26. The van der Waals surface area contributed by atoms with Crippen molar-refractivity contribution >= 4 is 17.6 Å². The summed E-state index contributed by atoms with van der Waals surface area (Å²) in [6.07, 6.45) is 1.94. The highest BCUT2D eigenvalue weighted by Gasteiger charge is 2.25. The van der Waals surface area contributed by atoms with Gasteiger partial charge in [-0.05, 0) is 31.2 Å². The lowest BCUT2D eigenvalue weighted by molar-refractivity contribution is -0.125. The SMILES string of the molecule is Cc1ccc(NC(=O)[C@H](OC(=O)c2ccncc2)c2ccccc2)cc1. The number of aromatic nitrogens is 1. The number of hydrogen-bond donors (Lipinski definition) is 1. The third kappa shape index (κ3) is 4.33. The largest absolute Gasteiger partial charge is 0.444 e. The number of nitrogens with one attached hydrogen (secondary N) is 1. The lowest BCUT2D eigenvalue weighted by atomic mass is 10.1. The number of rotatable bonds is 5. The quantitative estimate of drug-likeness (QED) is 0.711. The average Bonchev–Trinajstić information content (AvgIpc) is 2.69. The Labute approximate surface area is 151 Å². The van der Waals surface area contributed by atoms with E-state index in [0.29, 0.717) is 16.8 Å². The fraction of sp³-hybridized carbons (Fsp3) is 0.0952. The molecule has 0 spiro atoms. The molecular formula is C21H18N2O3. The van der Waals surface area contributed by atoms with Crippen LogP contribution in [0.5, 0.6) is 0 Å². The van der Waals surface area contributed by atoms with E-state index in [1.165, 1.54) is 12.4 Å². The second-order valence-electron chi connectivity index (χ2n) is 5.79. The number of carbonyl (C=O) groups excluding carboxylic acids is 2. The number of ether oxygens (including phenoxy) is 1. The summed E-state index contributed by atoms with van der Waals surface area (Å²) in [5, 5.41) is 2.80. The molecule has 0 aliphatic heterocycles. The molecule has 1 aromatic heterocycles. The Balaban J connectivity index is 1.82. The molecule has 26 heavy (non-hydrogen) atoms. The first kappa shape index (κ1) is 17.4. The van der Waals surface area contributed by atoms with Gasteiger partial charge in [-0.3, -0.25) is 9.78 Å². The molecule has 1 heterocycles. The van der Waals surface area contributed by atoms with E-state index in [4.69, 9.17) is 4.74 Å². The van der Waals surface area contributed by atoms with Crippen LogP contribution < -0.4 is 5.32 Å². The van der Waals surface area contributed by atoms with Gasteiger partial charge in [0.05, 0.1) is 5.56 Å².